The number of benzene rings is 2. The fourth-order valence-corrected chi connectivity index (χ4v) is 2.11. The van der Waals surface area contributed by atoms with Gasteiger partial charge in [0.15, 0.2) is 0 Å². The Hall–Kier alpha value is -2.08. The average molecular weight is 385 g/mol. The molecule has 2 rings (SSSR count). The van der Waals surface area contributed by atoms with E-state index in [1.807, 2.05) is 0 Å². The molecular formula is C16H12Cl3N3O2. The van der Waals surface area contributed by atoms with E-state index >= 15 is 0 Å². The first kappa shape index (κ1) is 18.3. The van der Waals surface area contributed by atoms with E-state index in [2.05, 4.69) is 15.8 Å². The zero-order valence-corrected chi connectivity index (χ0v) is 14.5. The summed E-state index contributed by atoms with van der Waals surface area (Å²) in [6.45, 7) is 0.208. The molecule has 0 fully saturated rings. The zero-order chi connectivity index (χ0) is 17.5. The molecule has 5 nitrogen and oxygen atoms in total. The second kappa shape index (κ2) is 8.68. The predicted octanol–water partition coefficient (Wildman–Crippen LogP) is 3.41. The van der Waals surface area contributed by atoms with E-state index in [4.69, 9.17) is 34.8 Å². The van der Waals surface area contributed by atoms with Crippen LogP contribution in [0.15, 0.2) is 47.6 Å². The number of hydrazone groups is 1. The highest BCUT2D eigenvalue weighted by Gasteiger charge is 2.11. The monoisotopic (exact) mass is 383 g/mol. The van der Waals surface area contributed by atoms with E-state index < -0.39 is 11.8 Å². The second-order valence-corrected chi connectivity index (χ2v) is 5.93. The fraction of sp³-hybridized carbons (Fsp3) is 0.0625. The molecule has 0 aliphatic carbocycles. The van der Waals surface area contributed by atoms with E-state index in [1.54, 1.807) is 42.5 Å². The van der Waals surface area contributed by atoms with Gasteiger partial charge in [0.2, 0.25) is 0 Å². The number of carbonyl (C=O) groups is 2. The maximum absolute atomic E-state index is 11.7. The van der Waals surface area contributed by atoms with Crippen LogP contribution < -0.4 is 10.7 Å². The van der Waals surface area contributed by atoms with Crippen molar-refractivity contribution >= 4 is 52.8 Å². The number of hydrogen-bond acceptors (Lipinski definition) is 3. The van der Waals surface area contributed by atoms with Crippen LogP contribution in [0, 0.1) is 0 Å². The van der Waals surface area contributed by atoms with Gasteiger partial charge in [-0.05, 0) is 35.4 Å². The molecule has 0 atom stereocenters. The third kappa shape index (κ3) is 5.53. The minimum absolute atomic E-state index is 0.208. The van der Waals surface area contributed by atoms with E-state index in [0.717, 1.165) is 5.56 Å². The van der Waals surface area contributed by atoms with E-state index in [-0.39, 0.29) is 6.54 Å². The topological polar surface area (TPSA) is 70.6 Å². The Bertz CT molecular complexity index is 777. The summed E-state index contributed by atoms with van der Waals surface area (Å²) in [7, 11) is 0. The third-order valence-corrected chi connectivity index (χ3v) is 3.89. The van der Waals surface area contributed by atoms with Gasteiger partial charge in [-0.1, -0.05) is 53.0 Å². The summed E-state index contributed by atoms with van der Waals surface area (Å²) in [6, 6.07) is 11.8. The zero-order valence-electron chi connectivity index (χ0n) is 12.2. The first-order valence-corrected chi connectivity index (χ1v) is 7.90. The van der Waals surface area contributed by atoms with Crippen LogP contribution >= 0.6 is 34.8 Å². The maximum Gasteiger partial charge on any atom is 0.329 e. The van der Waals surface area contributed by atoms with E-state index in [1.165, 1.54) is 6.21 Å². The molecule has 0 unspecified atom stereocenters. The summed E-state index contributed by atoms with van der Waals surface area (Å²) in [5.74, 6) is -1.67. The number of halogens is 3. The maximum atomic E-state index is 11.7. The first-order chi connectivity index (χ1) is 11.5. The van der Waals surface area contributed by atoms with Gasteiger partial charge >= 0.3 is 11.8 Å². The van der Waals surface area contributed by atoms with Crippen molar-refractivity contribution in [3.8, 4) is 0 Å². The van der Waals surface area contributed by atoms with Crippen molar-refractivity contribution < 1.29 is 9.59 Å². The minimum atomic E-state index is -0.875. The van der Waals surface area contributed by atoms with Crippen LogP contribution in [0.5, 0.6) is 0 Å². The molecule has 2 aromatic carbocycles. The molecule has 0 spiro atoms. The molecule has 0 radical (unpaired) electrons. The molecule has 2 N–H and O–H groups in total. The molecule has 0 aliphatic heterocycles. The van der Waals surface area contributed by atoms with Crippen LogP contribution in [-0.2, 0) is 16.1 Å². The van der Waals surface area contributed by atoms with Crippen LogP contribution in [0.1, 0.15) is 11.1 Å². The van der Waals surface area contributed by atoms with Gasteiger partial charge in [0, 0.05) is 11.6 Å². The SMILES string of the molecule is O=C(NCc1ccc(Cl)cc1)C(=O)N/N=C\c1ccc(Cl)c(Cl)c1. The molecule has 2 amide bonds. The molecule has 0 aromatic heterocycles. The lowest BCUT2D eigenvalue weighted by Gasteiger charge is -2.04. The van der Waals surface area contributed by atoms with E-state index in [9.17, 15) is 9.59 Å². The van der Waals surface area contributed by atoms with Crippen molar-refractivity contribution in [1.82, 2.24) is 10.7 Å². The summed E-state index contributed by atoms with van der Waals surface area (Å²) < 4.78 is 0. The third-order valence-electron chi connectivity index (χ3n) is 2.90. The normalized spacial score (nSPS) is 10.6. The Morgan fingerprint density at radius 3 is 2.33 bits per heavy atom. The number of hydrogen-bond donors (Lipinski definition) is 2. The summed E-state index contributed by atoms with van der Waals surface area (Å²) in [6.07, 6.45) is 1.35. The van der Waals surface area contributed by atoms with Gasteiger partial charge < -0.3 is 5.32 Å². The lowest BCUT2D eigenvalue weighted by molar-refractivity contribution is -0.139. The molecular weight excluding hydrogens is 373 g/mol. The molecule has 0 aliphatic rings. The van der Waals surface area contributed by atoms with Crippen molar-refractivity contribution in [3.05, 3.63) is 68.7 Å². The molecule has 124 valence electrons. The van der Waals surface area contributed by atoms with Crippen LogP contribution in [0.25, 0.3) is 0 Å². The number of nitrogens with one attached hydrogen (secondary N) is 2. The molecule has 2 aromatic rings. The number of carbonyl (C=O) groups excluding carboxylic acids is 2. The van der Waals surface area contributed by atoms with Crippen LogP contribution in [0.3, 0.4) is 0 Å². The van der Waals surface area contributed by atoms with Crippen molar-refractivity contribution in [2.75, 3.05) is 0 Å². The second-order valence-electron chi connectivity index (χ2n) is 4.68. The van der Waals surface area contributed by atoms with Gasteiger partial charge in [0.1, 0.15) is 0 Å². The van der Waals surface area contributed by atoms with Gasteiger partial charge in [-0.3, -0.25) is 9.59 Å². The number of rotatable bonds is 4. The van der Waals surface area contributed by atoms with Gasteiger partial charge in [0.05, 0.1) is 16.3 Å². The average Bonchev–Trinajstić information content (AvgIpc) is 2.57. The highest BCUT2D eigenvalue weighted by atomic mass is 35.5. The smallest absolute Gasteiger partial charge is 0.329 e. The standard InChI is InChI=1S/C16H12Cl3N3O2/c17-12-4-1-10(2-5-12)8-20-15(23)16(24)22-21-9-11-3-6-13(18)14(19)7-11/h1-7,9H,8H2,(H,20,23)(H,22,24)/b21-9-. The largest absolute Gasteiger partial charge is 0.344 e. The Kier molecular flexibility index (Phi) is 6.61. The number of amides is 2. The van der Waals surface area contributed by atoms with Crippen molar-refractivity contribution in [2.24, 2.45) is 5.10 Å². The quantitative estimate of drug-likeness (QED) is 0.482. The highest BCUT2D eigenvalue weighted by molar-refractivity contribution is 6.42. The van der Waals surface area contributed by atoms with Crippen LogP contribution in [0.4, 0.5) is 0 Å². The first-order valence-electron chi connectivity index (χ1n) is 6.76. The Morgan fingerprint density at radius 1 is 0.958 bits per heavy atom. The van der Waals surface area contributed by atoms with Gasteiger partial charge in [0.25, 0.3) is 0 Å². The molecule has 8 heteroatoms. The lowest BCUT2D eigenvalue weighted by Crippen LogP contribution is -2.37. The molecule has 0 bridgehead atoms. The van der Waals surface area contributed by atoms with Gasteiger partial charge in [-0.25, -0.2) is 5.43 Å². The van der Waals surface area contributed by atoms with Crippen molar-refractivity contribution in [3.63, 3.8) is 0 Å². The molecule has 24 heavy (non-hydrogen) atoms. The summed E-state index contributed by atoms with van der Waals surface area (Å²) >= 11 is 17.4. The van der Waals surface area contributed by atoms with Gasteiger partial charge in [-0.2, -0.15) is 5.10 Å². The molecule has 0 heterocycles. The predicted molar refractivity (Wildman–Crippen MR) is 95.5 cm³/mol. The summed E-state index contributed by atoms with van der Waals surface area (Å²) in [5, 5.41) is 7.55. The van der Waals surface area contributed by atoms with Gasteiger partial charge in [-0.15, -0.1) is 0 Å². The fourth-order valence-electron chi connectivity index (χ4n) is 1.67. The molecule has 0 saturated heterocycles. The lowest BCUT2D eigenvalue weighted by atomic mass is 10.2. The van der Waals surface area contributed by atoms with E-state index in [0.29, 0.717) is 20.6 Å². The Morgan fingerprint density at radius 2 is 1.67 bits per heavy atom. The summed E-state index contributed by atoms with van der Waals surface area (Å²) in [4.78, 5) is 23.3. The minimum Gasteiger partial charge on any atom is -0.344 e. The van der Waals surface area contributed by atoms with Crippen LogP contribution in [-0.4, -0.2) is 18.0 Å². The van der Waals surface area contributed by atoms with Crippen molar-refractivity contribution in [2.45, 2.75) is 6.54 Å². The number of nitrogens with zero attached hydrogens (tertiary/aromatic N) is 1. The Labute approximate surface area is 153 Å². The summed E-state index contributed by atoms with van der Waals surface area (Å²) in [5.41, 5.74) is 3.58. The van der Waals surface area contributed by atoms with Crippen molar-refractivity contribution in [1.29, 1.82) is 0 Å². The molecule has 0 saturated carbocycles. The highest BCUT2D eigenvalue weighted by Crippen LogP contribution is 2.21. The van der Waals surface area contributed by atoms with Crippen LogP contribution in [0.2, 0.25) is 15.1 Å². The Balaban J connectivity index is 1.82.